The Morgan fingerprint density at radius 2 is 2.00 bits per heavy atom. The number of aromatic amines is 1. The summed E-state index contributed by atoms with van der Waals surface area (Å²) >= 11 is 0. The minimum Gasteiger partial charge on any atom is -0.392 e. The van der Waals surface area contributed by atoms with Crippen LogP contribution in [0.25, 0.3) is 0 Å². The zero-order valence-electron chi connectivity index (χ0n) is 10.3. The van der Waals surface area contributed by atoms with Crippen molar-refractivity contribution in [2.24, 2.45) is 0 Å². The minimum absolute atomic E-state index is 0.609. The number of nitrogens with zero attached hydrogens (tertiary/aromatic N) is 1. The molecular formula is C9H12N2O9S. The first-order chi connectivity index (χ1) is 9.64. The van der Waals surface area contributed by atoms with E-state index >= 15 is 0 Å². The molecule has 2 rings (SSSR count). The second-order valence-corrected chi connectivity index (χ2v) is 6.05. The lowest BCUT2D eigenvalue weighted by molar-refractivity contribution is -0.0826. The van der Waals surface area contributed by atoms with Crippen molar-refractivity contribution in [1.29, 1.82) is 0 Å². The van der Waals surface area contributed by atoms with Crippen LogP contribution in [-0.2, 0) is 14.9 Å². The standard InChI is InChI=1S/C9H12N2O9S/c12-3-9(21(17,18)19)6(15)5(14)7(20-9)11-2-1-4(13)10-8(11)16/h1-2,5-7,12,14-15H,3H2,(H,10,13,16)(H,17,18,19)/t5-,6+,7-,9+/m1/s1. The molecule has 1 aromatic rings. The molecule has 12 heteroatoms. The topological polar surface area (TPSA) is 179 Å². The Bertz CT molecular complexity index is 753. The van der Waals surface area contributed by atoms with E-state index in [1.165, 1.54) is 0 Å². The van der Waals surface area contributed by atoms with Crippen molar-refractivity contribution in [3.05, 3.63) is 33.1 Å². The molecular weight excluding hydrogens is 312 g/mol. The van der Waals surface area contributed by atoms with Crippen LogP contribution < -0.4 is 11.2 Å². The molecule has 0 aliphatic carbocycles. The van der Waals surface area contributed by atoms with Crippen molar-refractivity contribution in [3.8, 4) is 0 Å². The lowest BCUT2D eigenvalue weighted by atomic mass is 10.1. The van der Waals surface area contributed by atoms with Gasteiger partial charge >= 0.3 is 5.69 Å². The fraction of sp³-hybridized carbons (Fsp3) is 0.556. The summed E-state index contributed by atoms with van der Waals surface area (Å²) in [5.41, 5.74) is -1.78. The van der Waals surface area contributed by atoms with E-state index in [4.69, 9.17) is 14.4 Å². The number of hydrogen-bond acceptors (Lipinski definition) is 8. The van der Waals surface area contributed by atoms with Gasteiger partial charge in [-0.25, -0.2) is 4.79 Å². The summed E-state index contributed by atoms with van der Waals surface area (Å²) in [4.78, 5) is 21.5. The summed E-state index contributed by atoms with van der Waals surface area (Å²) in [5.74, 6) is 0. The molecule has 0 unspecified atom stereocenters. The highest BCUT2D eigenvalue weighted by molar-refractivity contribution is 7.87. The van der Waals surface area contributed by atoms with Gasteiger partial charge in [0.25, 0.3) is 15.7 Å². The summed E-state index contributed by atoms with van der Waals surface area (Å²) in [6.45, 7) is -1.36. The van der Waals surface area contributed by atoms with Crippen LogP contribution in [0.4, 0.5) is 0 Å². The molecule has 0 aromatic carbocycles. The van der Waals surface area contributed by atoms with Crippen molar-refractivity contribution < 1.29 is 33.0 Å². The Labute approximate surface area is 116 Å². The van der Waals surface area contributed by atoms with Gasteiger partial charge in [-0.2, -0.15) is 8.42 Å². The van der Waals surface area contributed by atoms with Gasteiger partial charge < -0.3 is 20.1 Å². The SMILES string of the molecule is O=c1ccn([C@@H]2O[C@@](CO)(S(=O)(=O)O)[C@@H](O)[C@H]2O)c(=O)[nH]1. The quantitative estimate of drug-likeness (QED) is 0.350. The first kappa shape index (κ1) is 15.8. The molecule has 1 aliphatic heterocycles. The third-order valence-electron chi connectivity index (χ3n) is 3.17. The minimum atomic E-state index is -5.13. The van der Waals surface area contributed by atoms with Crippen LogP contribution in [0.3, 0.4) is 0 Å². The molecule has 0 bridgehead atoms. The number of aromatic nitrogens is 2. The van der Waals surface area contributed by atoms with Gasteiger partial charge in [0.2, 0.25) is 4.93 Å². The van der Waals surface area contributed by atoms with E-state index < -0.39 is 51.3 Å². The van der Waals surface area contributed by atoms with Crippen LogP contribution in [0, 0.1) is 0 Å². The average molecular weight is 324 g/mol. The van der Waals surface area contributed by atoms with Gasteiger partial charge in [-0.1, -0.05) is 0 Å². The fourth-order valence-electron chi connectivity index (χ4n) is 2.03. The van der Waals surface area contributed by atoms with Crippen LogP contribution in [0.2, 0.25) is 0 Å². The molecule has 1 aliphatic rings. The Morgan fingerprint density at radius 1 is 1.38 bits per heavy atom. The zero-order chi connectivity index (χ0) is 16.0. The second-order valence-electron chi connectivity index (χ2n) is 4.41. The number of aliphatic hydroxyl groups excluding tert-OH is 3. The Morgan fingerprint density at radius 3 is 2.43 bits per heavy atom. The maximum absolute atomic E-state index is 11.6. The molecule has 5 N–H and O–H groups in total. The lowest BCUT2D eigenvalue weighted by Crippen LogP contribution is -2.52. The number of H-pyrrole nitrogens is 1. The van der Waals surface area contributed by atoms with Crippen molar-refractivity contribution in [3.63, 3.8) is 0 Å². The highest BCUT2D eigenvalue weighted by atomic mass is 32.2. The molecule has 4 atom stereocenters. The monoisotopic (exact) mass is 324 g/mol. The van der Waals surface area contributed by atoms with E-state index in [0.717, 1.165) is 12.3 Å². The van der Waals surface area contributed by atoms with Crippen LogP contribution >= 0.6 is 0 Å². The number of aliphatic hydroxyl groups is 3. The van der Waals surface area contributed by atoms with Crippen molar-refractivity contribution >= 4 is 10.1 Å². The molecule has 0 spiro atoms. The smallest absolute Gasteiger partial charge is 0.330 e. The zero-order valence-corrected chi connectivity index (χ0v) is 11.1. The third-order valence-corrected chi connectivity index (χ3v) is 4.51. The number of nitrogens with one attached hydrogen (secondary N) is 1. The molecule has 0 amide bonds. The molecule has 1 aromatic heterocycles. The molecule has 21 heavy (non-hydrogen) atoms. The first-order valence-electron chi connectivity index (χ1n) is 5.57. The van der Waals surface area contributed by atoms with Gasteiger partial charge in [-0.15, -0.1) is 0 Å². The van der Waals surface area contributed by atoms with Crippen LogP contribution in [0.1, 0.15) is 6.23 Å². The molecule has 1 saturated heterocycles. The molecule has 0 radical (unpaired) electrons. The maximum atomic E-state index is 11.6. The molecule has 2 heterocycles. The highest BCUT2D eigenvalue weighted by Crippen LogP contribution is 2.39. The van der Waals surface area contributed by atoms with Gasteiger partial charge in [0.15, 0.2) is 6.23 Å². The average Bonchev–Trinajstić information content (AvgIpc) is 2.63. The van der Waals surface area contributed by atoms with Gasteiger partial charge in [0.05, 0.1) is 6.61 Å². The number of hydrogen-bond donors (Lipinski definition) is 5. The van der Waals surface area contributed by atoms with E-state index in [-0.39, 0.29) is 0 Å². The van der Waals surface area contributed by atoms with Crippen LogP contribution in [-0.4, -0.2) is 61.6 Å². The van der Waals surface area contributed by atoms with Crippen molar-refractivity contribution in [1.82, 2.24) is 9.55 Å². The van der Waals surface area contributed by atoms with E-state index in [1.54, 1.807) is 0 Å². The van der Waals surface area contributed by atoms with Gasteiger partial charge in [-0.3, -0.25) is 18.9 Å². The molecule has 0 saturated carbocycles. The molecule has 1 fully saturated rings. The predicted octanol–water partition coefficient (Wildman–Crippen LogP) is -3.64. The number of ether oxygens (including phenoxy) is 1. The van der Waals surface area contributed by atoms with Crippen LogP contribution in [0.5, 0.6) is 0 Å². The number of rotatable bonds is 3. The van der Waals surface area contributed by atoms with E-state index in [2.05, 4.69) is 0 Å². The van der Waals surface area contributed by atoms with E-state index in [0.29, 0.717) is 4.57 Å². The summed E-state index contributed by atoms with van der Waals surface area (Å²) in [5, 5.41) is 28.7. The van der Waals surface area contributed by atoms with Crippen molar-refractivity contribution in [2.45, 2.75) is 23.4 Å². The molecule has 118 valence electrons. The Kier molecular flexibility index (Phi) is 3.77. The van der Waals surface area contributed by atoms with Gasteiger partial charge in [0.1, 0.15) is 12.2 Å². The Hall–Kier alpha value is -1.57. The predicted molar refractivity (Wildman–Crippen MR) is 64.8 cm³/mol. The molecule has 11 nitrogen and oxygen atoms in total. The lowest BCUT2D eigenvalue weighted by Gasteiger charge is -2.25. The highest BCUT2D eigenvalue weighted by Gasteiger charge is 2.62. The first-order valence-corrected chi connectivity index (χ1v) is 7.01. The Balaban J connectivity index is 2.55. The van der Waals surface area contributed by atoms with E-state index in [9.17, 15) is 28.2 Å². The summed E-state index contributed by atoms with van der Waals surface area (Å²) in [6, 6.07) is 0.899. The summed E-state index contributed by atoms with van der Waals surface area (Å²) in [6.07, 6.45) is -5.01. The van der Waals surface area contributed by atoms with Gasteiger partial charge in [0, 0.05) is 12.3 Å². The van der Waals surface area contributed by atoms with Gasteiger partial charge in [-0.05, 0) is 0 Å². The fourth-order valence-corrected chi connectivity index (χ4v) is 2.86. The van der Waals surface area contributed by atoms with Crippen molar-refractivity contribution in [2.75, 3.05) is 6.61 Å². The third kappa shape index (κ3) is 2.31. The van der Waals surface area contributed by atoms with Crippen LogP contribution in [0.15, 0.2) is 21.9 Å². The summed E-state index contributed by atoms with van der Waals surface area (Å²) < 4.78 is 37.2. The normalized spacial score (nSPS) is 33.2. The van der Waals surface area contributed by atoms with E-state index in [1.807, 2.05) is 4.98 Å². The second kappa shape index (κ2) is 5.01. The summed E-state index contributed by atoms with van der Waals surface area (Å²) in [7, 11) is -5.13. The maximum Gasteiger partial charge on any atom is 0.330 e. The largest absolute Gasteiger partial charge is 0.392 e.